The zero-order valence-corrected chi connectivity index (χ0v) is 9.86. The van der Waals surface area contributed by atoms with Crippen LogP contribution in [0.1, 0.15) is 12.0 Å². The Kier molecular flexibility index (Phi) is 2.48. The van der Waals surface area contributed by atoms with E-state index in [2.05, 4.69) is 18.0 Å². The van der Waals surface area contributed by atoms with Gasteiger partial charge in [0.25, 0.3) is 0 Å². The molecule has 0 bridgehead atoms. The van der Waals surface area contributed by atoms with Crippen LogP contribution in [0.3, 0.4) is 0 Å². The third-order valence-corrected chi connectivity index (χ3v) is 3.42. The normalized spacial score (nSPS) is 17.4. The summed E-state index contributed by atoms with van der Waals surface area (Å²) >= 11 is 0. The fraction of sp³-hybridized carbons (Fsp3) is 0.286. The largest absolute Gasteiger partial charge is 0.302 e. The van der Waals surface area contributed by atoms with Crippen molar-refractivity contribution in [3.8, 4) is 0 Å². The highest BCUT2D eigenvalue weighted by Gasteiger charge is 2.15. The second-order valence-corrected chi connectivity index (χ2v) is 4.61. The van der Waals surface area contributed by atoms with Crippen molar-refractivity contribution >= 4 is 16.5 Å². The highest BCUT2D eigenvalue weighted by atomic mass is 19.2. The van der Waals surface area contributed by atoms with Crippen LogP contribution in [0.4, 0.5) is 4.48 Å². The van der Waals surface area contributed by atoms with Crippen molar-refractivity contribution in [2.45, 2.75) is 6.42 Å². The number of halogens is 1. The number of para-hydroxylation sites is 1. The number of hydrogen-bond donors (Lipinski definition) is 0. The van der Waals surface area contributed by atoms with Crippen molar-refractivity contribution in [2.24, 2.45) is 0 Å². The lowest BCUT2D eigenvalue weighted by molar-refractivity contribution is 0.369. The molecule has 1 aliphatic rings. The molecule has 3 rings (SSSR count). The third kappa shape index (κ3) is 1.76. The van der Waals surface area contributed by atoms with Crippen molar-refractivity contribution in [1.29, 1.82) is 0 Å². The minimum Gasteiger partial charge on any atom is -0.302 e. The standard InChI is InChI=1S/C14H15FN2/c1-16-8-6-11(7-9-16)13-10-17(15)14-5-3-2-4-12(13)14/h2-6,10H,7-9H2,1H3. The summed E-state index contributed by atoms with van der Waals surface area (Å²) in [6, 6.07) is 7.63. The average molecular weight is 230 g/mol. The van der Waals surface area contributed by atoms with E-state index in [1.807, 2.05) is 24.3 Å². The molecule has 0 atom stereocenters. The quantitative estimate of drug-likeness (QED) is 0.731. The van der Waals surface area contributed by atoms with Gasteiger partial charge in [-0.1, -0.05) is 28.8 Å². The highest BCUT2D eigenvalue weighted by Crippen LogP contribution is 2.30. The Bertz CT molecular complexity index is 583. The smallest absolute Gasteiger partial charge is 0.0819 e. The monoisotopic (exact) mass is 230 g/mol. The summed E-state index contributed by atoms with van der Waals surface area (Å²) in [5.41, 5.74) is 2.95. The van der Waals surface area contributed by atoms with Gasteiger partial charge in [0, 0.05) is 30.2 Å². The molecule has 1 aliphatic heterocycles. The van der Waals surface area contributed by atoms with Gasteiger partial charge >= 0.3 is 0 Å². The van der Waals surface area contributed by atoms with Crippen LogP contribution in [0.15, 0.2) is 36.5 Å². The predicted molar refractivity (Wildman–Crippen MR) is 68.5 cm³/mol. The van der Waals surface area contributed by atoms with E-state index in [-0.39, 0.29) is 0 Å². The maximum atomic E-state index is 13.7. The lowest BCUT2D eigenvalue weighted by atomic mass is 9.99. The summed E-state index contributed by atoms with van der Waals surface area (Å²) in [6.07, 6.45) is 4.79. The summed E-state index contributed by atoms with van der Waals surface area (Å²) in [4.78, 5) is 2.99. The molecule has 0 N–H and O–H groups in total. The van der Waals surface area contributed by atoms with Crippen LogP contribution < -0.4 is 0 Å². The highest BCUT2D eigenvalue weighted by molar-refractivity contribution is 5.93. The Balaban J connectivity index is 2.12. The van der Waals surface area contributed by atoms with E-state index in [0.717, 1.165) is 35.2 Å². The van der Waals surface area contributed by atoms with Gasteiger partial charge < -0.3 is 4.90 Å². The Morgan fingerprint density at radius 1 is 1.24 bits per heavy atom. The van der Waals surface area contributed by atoms with Crippen molar-refractivity contribution in [1.82, 2.24) is 9.69 Å². The minimum atomic E-state index is 0.655. The molecular formula is C14H15FN2. The number of likely N-dealkylation sites (N-methyl/N-ethyl adjacent to an activating group) is 1. The van der Waals surface area contributed by atoms with Crippen LogP contribution in [0.5, 0.6) is 0 Å². The first kappa shape index (κ1) is 10.5. The van der Waals surface area contributed by atoms with Gasteiger partial charge in [-0.3, -0.25) is 0 Å². The van der Waals surface area contributed by atoms with Gasteiger partial charge in [0.2, 0.25) is 0 Å². The maximum absolute atomic E-state index is 13.7. The fourth-order valence-electron chi connectivity index (χ4n) is 2.41. The summed E-state index contributed by atoms with van der Waals surface area (Å²) in [7, 11) is 2.10. The molecule has 0 radical (unpaired) electrons. The number of hydrogen-bond acceptors (Lipinski definition) is 1. The van der Waals surface area contributed by atoms with E-state index in [4.69, 9.17) is 0 Å². The van der Waals surface area contributed by atoms with Crippen LogP contribution in [-0.4, -0.2) is 29.8 Å². The molecule has 17 heavy (non-hydrogen) atoms. The lowest BCUT2D eigenvalue weighted by Gasteiger charge is -2.21. The third-order valence-electron chi connectivity index (χ3n) is 3.42. The Morgan fingerprint density at radius 3 is 2.82 bits per heavy atom. The molecule has 0 unspecified atom stereocenters. The average Bonchev–Trinajstić information content (AvgIpc) is 2.69. The molecule has 0 aliphatic carbocycles. The van der Waals surface area contributed by atoms with E-state index >= 15 is 0 Å². The van der Waals surface area contributed by atoms with Gasteiger partial charge in [-0.05, 0) is 25.1 Å². The molecule has 0 amide bonds. The zero-order chi connectivity index (χ0) is 11.8. The second-order valence-electron chi connectivity index (χ2n) is 4.61. The van der Waals surface area contributed by atoms with Gasteiger partial charge in [-0.15, -0.1) is 0 Å². The molecule has 2 nitrogen and oxygen atoms in total. The Morgan fingerprint density at radius 2 is 2.06 bits per heavy atom. The summed E-state index contributed by atoms with van der Waals surface area (Å²) in [5.74, 6) is 0. The van der Waals surface area contributed by atoms with Crippen LogP contribution >= 0.6 is 0 Å². The van der Waals surface area contributed by atoms with Crippen LogP contribution in [-0.2, 0) is 0 Å². The van der Waals surface area contributed by atoms with E-state index < -0.39 is 0 Å². The summed E-state index contributed by atoms with van der Waals surface area (Å²) in [5, 5.41) is 1.01. The number of fused-ring (bicyclic) bond motifs is 1. The number of aromatic nitrogens is 1. The molecule has 1 aromatic carbocycles. The second kappa shape index (κ2) is 4.00. The van der Waals surface area contributed by atoms with Gasteiger partial charge in [0.15, 0.2) is 0 Å². The van der Waals surface area contributed by atoms with Crippen LogP contribution in [0.25, 0.3) is 16.5 Å². The molecule has 2 heterocycles. The molecule has 3 heteroatoms. The van der Waals surface area contributed by atoms with Gasteiger partial charge in [-0.25, -0.2) is 0 Å². The molecule has 0 saturated heterocycles. The topological polar surface area (TPSA) is 8.17 Å². The zero-order valence-electron chi connectivity index (χ0n) is 9.86. The molecule has 1 aromatic heterocycles. The maximum Gasteiger partial charge on any atom is 0.0819 e. The molecule has 88 valence electrons. The van der Waals surface area contributed by atoms with Crippen molar-refractivity contribution < 1.29 is 4.48 Å². The fourth-order valence-corrected chi connectivity index (χ4v) is 2.41. The van der Waals surface area contributed by atoms with Crippen molar-refractivity contribution in [3.63, 3.8) is 0 Å². The first-order chi connectivity index (χ1) is 8.25. The van der Waals surface area contributed by atoms with E-state index in [1.165, 1.54) is 5.57 Å². The SMILES string of the molecule is CN1CC=C(c2cn(F)c3ccccc23)CC1. The molecular weight excluding hydrogens is 215 g/mol. The van der Waals surface area contributed by atoms with E-state index in [1.54, 1.807) is 6.20 Å². The van der Waals surface area contributed by atoms with E-state index in [0.29, 0.717) is 5.52 Å². The number of nitrogens with zero attached hydrogens (tertiary/aromatic N) is 2. The predicted octanol–water partition coefficient (Wildman–Crippen LogP) is 3.09. The van der Waals surface area contributed by atoms with Crippen molar-refractivity contribution in [2.75, 3.05) is 20.1 Å². The number of rotatable bonds is 1. The van der Waals surface area contributed by atoms with Gasteiger partial charge in [0.05, 0.1) is 5.52 Å². The lowest BCUT2D eigenvalue weighted by Crippen LogP contribution is -2.23. The first-order valence-corrected chi connectivity index (χ1v) is 5.90. The summed E-state index contributed by atoms with van der Waals surface area (Å²) < 4.78 is 13.7. The first-order valence-electron chi connectivity index (χ1n) is 5.90. The molecule has 0 spiro atoms. The minimum absolute atomic E-state index is 0.655. The Labute approximate surface area is 99.9 Å². The molecule has 0 saturated carbocycles. The molecule has 2 aromatic rings. The molecule has 0 fully saturated rings. The van der Waals surface area contributed by atoms with Gasteiger partial charge in [0.1, 0.15) is 0 Å². The summed E-state index contributed by atoms with van der Waals surface area (Å²) in [6.45, 7) is 1.98. The Hall–Kier alpha value is -1.61. The number of benzene rings is 1. The van der Waals surface area contributed by atoms with Crippen LogP contribution in [0, 0.1) is 0 Å². The van der Waals surface area contributed by atoms with E-state index in [9.17, 15) is 4.48 Å². The van der Waals surface area contributed by atoms with Gasteiger partial charge in [-0.2, -0.15) is 4.79 Å². The van der Waals surface area contributed by atoms with Crippen molar-refractivity contribution in [3.05, 3.63) is 42.1 Å². The van der Waals surface area contributed by atoms with Crippen LogP contribution in [0.2, 0.25) is 0 Å².